The Bertz CT molecular complexity index is 469. The molecule has 1 fully saturated rings. The molecule has 1 saturated heterocycles. The number of esters is 1. The average molecular weight is 266 g/mol. The normalized spacial score (nSPS) is 20.5. The second-order valence-corrected chi connectivity index (χ2v) is 5.04. The molecule has 1 aliphatic heterocycles. The molecular formula is C13H22N4O2. The minimum atomic E-state index is -0.439. The maximum Gasteiger partial charge on any atom is 0.360 e. The molecule has 2 heterocycles. The first-order valence-electron chi connectivity index (χ1n) is 6.74. The number of hydrogen-bond donors (Lipinski definition) is 1. The molecule has 1 atom stereocenters. The number of nitrogens with two attached hydrogens (primary N) is 1. The summed E-state index contributed by atoms with van der Waals surface area (Å²) in [5.41, 5.74) is 6.34. The van der Waals surface area contributed by atoms with Crippen molar-refractivity contribution in [2.45, 2.75) is 32.7 Å². The number of carbonyl (C=O) groups excluding carboxylic acids is 1. The van der Waals surface area contributed by atoms with Crippen molar-refractivity contribution in [1.29, 1.82) is 0 Å². The van der Waals surface area contributed by atoms with Gasteiger partial charge in [-0.15, -0.1) is 0 Å². The standard InChI is InChI=1S/C13H22N4O2/c1-4-19-13(18)11-12(14)17(9(2)15-11)10-6-5-7-16(3)8-10/h10H,4-8,14H2,1-3H3. The van der Waals surface area contributed by atoms with E-state index in [2.05, 4.69) is 16.9 Å². The number of likely N-dealkylation sites (N-methyl/N-ethyl adjacent to an activating group) is 1. The highest BCUT2D eigenvalue weighted by Gasteiger charge is 2.26. The Labute approximate surface area is 113 Å². The van der Waals surface area contributed by atoms with E-state index in [1.807, 2.05) is 11.5 Å². The Morgan fingerprint density at radius 2 is 2.32 bits per heavy atom. The van der Waals surface area contributed by atoms with Crippen molar-refractivity contribution in [2.24, 2.45) is 0 Å². The third-order valence-electron chi connectivity index (χ3n) is 3.56. The van der Waals surface area contributed by atoms with Crippen molar-refractivity contribution in [2.75, 3.05) is 32.5 Å². The number of imidazole rings is 1. The predicted molar refractivity (Wildman–Crippen MR) is 73.1 cm³/mol. The fourth-order valence-corrected chi connectivity index (χ4v) is 2.72. The van der Waals surface area contributed by atoms with Gasteiger partial charge in [0.1, 0.15) is 11.6 Å². The Kier molecular flexibility index (Phi) is 4.09. The van der Waals surface area contributed by atoms with E-state index in [0.717, 1.165) is 31.8 Å². The number of anilines is 1. The maximum absolute atomic E-state index is 11.8. The molecule has 2 N–H and O–H groups in total. The smallest absolute Gasteiger partial charge is 0.360 e. The highest BCUT2D eigenvalue weighted by Crippen LogP contribution is 2.27. The molecule has 6 heteroatoms. The highest BCUT2D eigenvalue weighted by molar-refractivity contribution is 5.92. The Hall–Kier alpha value is -1.56. The predicted octanol–water partition coefficient (Wildman–Crippen LogP) is 1.22. The highest BCUT2D eigenvalue weighted by atomic mass is 16.5. The first kappa shape index (κ1) is 13.9. The Morgan fingerprint density at radius 3 is 2.95 bits per heavy atom. The lowest BCUT2D eigenvalue weighted by molar-refractivity contribution is 0.0521. The monoisotopic (exact) mass is 266 g/mol. The topological polar surface area (TPSA) is 73.4 Å². The van der Waals surface area contributed by atoms with Crippen LogP contribution < -0.4 is 5.73 Å². The number of aryl methyl sites for hydroxylation is 1. The van der Waals surface area contributed by atoms with Gasteiger partial charge >= 0.3 is 5.97 Å². The van der Waals surface area contributed by atoms with E-state index < -0.39 is 5.97 Å². The van der Waals surface area contributed by atoms with Gasteiger partial charge in [0.25, 0.3) is 0 Å². The van der Waals surface area contributed by atoms with Gasteiger partial charge in [0, 0.05) is 12.6 Å². The molecule has 0 spiro atoms. The Morgan fingerprint density at radius 1 is 1.58 bits per heavy atom. The summed E-state index contributed by atoms with van der Waals surface area (Å²) in [6, 6.07) is 0.287. The van der Waals surface area contributed by atoms with Gasteiger partial charge in [-0.05, 0) is 40.3 Å². The number of aromatic nitrogens is 2. The number of rotatable bonds is 3. The van der Waals surface area contributed by atoms with E-state index in [-0.39, 0.29) is 11.7 Å². The SMILES string of the molecule is CCOC(=O)c1nc(C)n(C2CCCN(C)C2)c1N. The molecule has 19 heavy (non-hydrogen) atoms. The molecule has 0 aromatic carbocycles. The zero-order valence-corrected chi connectivity index (χ0v) is 11.8. The number of nitrogens with zero attached hydrogens (tertiary/aromatic N) is 3. The van der Waals surface area contributed by atoms with Crippen LogP contribution >= 0.6 is 0 Å². The summed E-state index contributed by atoms with van der Waals surface area (Å²) in [5.74, 6) is 0.767. The van der Waals surface area contributed by atoms with Gasteiger partial charge in [0.2, 0.25) is 0 Å². The summed E-state index contributed by atoms with van der Waals surface area (Å²) in [5, 5.41) is 0. The molecule has 0 amide bonds. The van der Waals surface area contributed by atoms with Crippen LogP contribution in [-0.4, -0.2) is 47.2 Å². The van der Waals surface area contributed by atoms with Crippen LogP contribution in [0.15, 0.2) is 0 Å². The largest absolute Gasteiger partial charge is 0.461 e. The lowest BCUT2D eigenvalue weighted by atomic mass is 10.1. The number of carbonyl (C=O) groups is 1. The van der Waals surface area contributed by atoms with E-state index in [9.17, 15) is 4.79 Å². The van der Waals surface area contributed by atoms with Crippen LogP contribution in [-0.2, 0) is 4.74 Å². The van der Waals surface area contributed by atoms with Gasteiger partial charge in [0.15, 0.2) is 5.69 Å². The molecule has 0 saturated carbocycles. The minimum Gasteiger partial charge on any atom is -0.461 e. The van der Waals surface area contributed by atoms with Crippen LogP contribution in [0.3, 0.4) is 0 Å². The lowest BCUT2D eigenvalue weighted by Gasteiger charge is -2.31. The molecule has 0 aliphatic carbocycles. The van der Waals surface area contributed by atoms with Gasteiger partial charge in [0.05, 0.1) is 6.61 Å². The zero-order valence-electron chi connectivity index (χ0n) is 11.8. The maximum atomic E-state index is 11.8. The van der Waals surface area contributed by atoms with Crippen molar-refractivity contribution in [3.05, 3.63) is 11.5 Å². The van der Waals surface area contributed by atoms with Gasteiger partial charge in [-0.2, -0.15) is 0 Å². The van der Waals surface area contributed by atoms with E-state index in [4.69, 9.17) is 10.5 Å². The number of ether oxygens (including phenoxy) is 1. The van der Waals surface area contributed by atoms with Crippen molar-refractivity contribution >= 4 is 11.8 Å². The van der Waals surface area contributed by atoms with Gasteiger partial charge < -0.3 is 19.9 Å². The summed E-state index contributed by atoms with van der Waals surface area (Å²) in [6.07, 6.45) is 2.20. The molecule has 1 aromatic heterocycles. The first-order chi connectivity index (χ1) is 9.04. The number of piperidine rings is 1. The molecule has 1 aliphatic rings. The number of nitrogen functional groups attached to an aromatic ring is 1. The second-order valence-electron chi connectivity index (χ2n) is 5.04. The van der Waals surface area contributed by atoms with Gasteiger partial charge in [-0.3, -0.25) is 0 Å². The molecule has 1 aromatic rings. The van der Waals surface area contributed by atoms with Crippen molar-refractivity contribution in [1.82, 2.24) is 14.5 Å². The fraction of sp³-hybridized carbons (Fsp3) is 0.692. The summed E-state index contributed by atoms with van der Waals surface area (Å²) < 4.78 is 6.95. The van der Waals surface area contributed by atoms with E-state index >= 15 is 0 Å². The van der Waals surface area contributed by atoms with Gasteiger partial charge in [-0.1, -0.05) is 0 Å². The van der Waals surface area contributed by atoms with E-state index in [1.54, 1.807) is 6.92 Å². The van der Waals surface area contributed by atoms with Crippen molar-refractivity contribution in [3.8, 4) is 0 Å². The van der Waals surface area contributed by atoms with Crippen LogP contribution in [0.4, 0.5) is 5.82 Å². The van der Waals surface area contributed by atoms with Crippen LogP contribution in [0, 0.1) is 6.92 Å². The quantitative estimate of drug-likeness (QED) is 0.833. The van der Waals surface area contributed by atoms with Crippen molar-refractivity contribution < 1.29 is 9.53 Å². The molecule has 0 bridgehead atoms. The molecule has 1 unspecified atom stereocenters. The number of hydrogen-bond acceptors (Lipinski definition) is 5. The summed E-state index contributed by atoms with van der Waals surface area (Å²) >= 11 is 0. The molecule has 106 valence electrons. The number of likely N-dealkylation sites (tertiary alicyclic amines) is 1. The summed E-state index contributed by atoms with van der Waals surface area (Å²) in [7, 11) is 2.10. The fourth-order valence-electron chi connectivity index (χ4n) is 2.72. The summed E-state index contributed by atoms with van der Waals surface area (Å²) in [6.45, 7) is 6.02. The third-order valence-corrected chi connectivity index (χ3v) is 3.56. The van der Waals surface area contributed by atoms with Crippen molar-refractivity contribution in [3.63, 3.8) is 0 Å². The molecular weight excluding hydrogens is 244 g/mol. The molecule has 0 radical (unpaired) electrons. The van der Waals surface area contributed by atoms with Crippen LogP contribution in [0.1, 0.15) is 42.1 Å². The minimum absolute atomic E-state index is 0.243. The zero-order chi connectivity index (χ0) is 14.0. The van der Waals surface area contributed by atoms with Crippen LogP contribution in [0.2, 0.25) is 0 Å². The van der Waals surface area contributed by atoms with Gasteiger partial charge in [-0.25, -0.2) is 9.78 Å². The van der Waals surface area contributed by atoms with E-state index in [1.165, 1.54) is 0 Å². The van der Waals surface area contributed by atoms with Crippen LogP contribution in [0.5, 0.6) is 0 Å². The third kappa shape index (κ3) is 2.73. The average Bonchev–Trinajstić information content (AvgIpc) is 2.65. The van der Waals surface area contributed by atoms with Crippen LogP contribution in [0.25, 0.3) is 0 Å². The summed E-state index contributed by atoms with van der Waals surface area (Å²) in [4.78, 5) is 18.3. The lowest BCUT2D eigenvalue weighted by Crippen LogP contribution is -2.34. The van der Waals surface area contributed by atoms with E-state index in [0.29, 0.717) is 12.4 Å². The molecule has 6 nitrogen and oxygen atoms in total. The first-order valence-corrected chi connectivity index (χ1v) is 6.74. The molecule has 2 rings (SSSR count). The Balaban J connectivity index is 2.28. The second kappa shape index (κ2) is 5.61.